The van der Waals surface area contributed by atoms with Gasteiger partial charge >= 0.3 is 0 Å². The zero-order chi connectivity index (χ0) is 18.9. The second-order valence-electron chi connectivity index (χ2n) is 5.85. The number of nitrogens with zero attached hydrogens (tertiary/aromatic N) is 4. The monoisotopic (exact) mass is 374 g/mol. The van der Waals surface area contributed by atoms with Gasteiger partial charge in [-0.25, -0.2) is 23.1 Å². The van der Waals surface area contributed by atoms with Crippen LogP contribution in [-0.2, 0) is 21.2 Å². The third kappa shape index (κ3) is 3.70. The summed E-state index contributed by atoms with van der Waals surface area (Å²) in [6.45, 7) is 3.77. The van der Waals surface area contributed by atoms with E-state index in [1.807, 2.05) is 13.8 Å². The number of aryl methyl sites for hydroxylation is 2. The average molecular weight is 374 g/mol. The molecule has 3 rings (SSSR count). The molecule has 10 heteroatoms. The van der Waals surface area contributed by atoms with Crippen LogP contribution in [0.25, 0.3) is 5.78 Å². The predicted molar refractivity (Wildman–Crippen MR) is 95.0 cm³/mol. The molecule has 0 aliphatic heterocycles. The van der Waals surface area contributed by atoms with Crippen molar-refractivity contribution >= 4 is 27.4 Å². The topological polar surface area (TPSA) is 132 Å². The molecule has 0 atom stereocenters. The Bertz CT molecular complexity index is 1090. The minimum Gasteiger partial charge on any atom is -0.326 e. The quantitative estimate of drug-likeness (QED) is 0.683. The van der Waals surface area contributed by atoms with Crippen LogP contribution in [0.2, 0.25) is 0 Å². The number of primary sulfonamides is 1. The summed E-state index contributed by atoms with van der Waals surface area (Å²) in [6.07, 6.45) is 2.12. The molecule has 0 saturated heterocycles. The Kier molecular flexibility index (Phi) is 4.70. The van der Waals surface area contributed by atoms with Crippen LogP contribution in [-0.4, -0.2) is 33.9 Å². The van der Waals surface area contributed by atoms with E-state index in [0.717, 1.165) is 17.0 Å². The number of hydrogen-bond acceptors (Lipinski definition) is 6. The number of hydrogen-bond donors (Lipinski definition) is 2. The van der Waals surface area contributed by atoms with E-state index in [4.69, 9.17) is 5.14 Å². The first-order valence-electron chi connectivity index (χ1n) is 7.84. The molecule has 0 aliphatic carbocycles. The first-order chi connectivity index (χ1) is 12.3. The van der Waals surface area contributed by atoms with Crippen molar-refractivity contribution in [1.29, 1.82) is 0 Å². The summed E-state index contributed by atoms with van der Waals surface area (Å²) in [4.78, 5) is 20.6. The molecule has 0 radical (unpaired) electrons. The lowest BCUT2D eigenvalue weighted by Gasteiger charge is -2.11. The van der Waals surface area contributed by atoms with Crippen molar-refractivity contribution in [3.8, 4) is 0 Å². The summed E-state index contributed by atoms with van der Waals surface area (Å²) in [5.41, 5.74) is 2.98. The minimum absolute atomic E-state index is 0.0529. The van der Waals surface area contributed by atoms with Gasteiger partial charge in [0.2, 0.25) is 15.9 Å². The molecule has 0 aliphatic rings. The maximum Gasteiger partial charge on any atom is 0.252 e. The Morgan fingerprint density at radius 1 is 1.31 bits per heavy atom. The van der Waals surface area contributed by atoms with Crippen molar-refractivity contribution in [3.05, 3.63) is 47.5 Å². The molecule has 1 amide bonds. The molecule has 0 saturated carbocycles. The second-order valence-corrected chi connectivity index (χ2v) is 7.42. The van der Waals surface area contributed by atoms with Gasteiger partial charge in [-0.1, -0.05) is 6.07 Å². The number of benzene rings is 1. The lowest BCUT2D eigenvalue weighted by atomic mass is 10.1. The summed E-state index contributed by atoms with van der Waals surface area (Å²) >= 11 is 0. The van der Waals surface area contributed by atoms with E-state index in [2.05, 4.69) is 20.4 Å². The molecule has 136 valence electrons. The molecule has 2 heterocycles. The lowest BCUT2D eigenvalue weighted by molar-refractivity contribution is -0.116. The Morgan fingerprint density at radius 3 is 2.81 bits per heavy atom. The highest BCUT2D eigenvalue weighted by molar-refractivity contribution is 7.89. The summed E-state index contributed by atoms with van der Waals surface area (Å²) in [5.74, 6) is 0.280. The zero-order valence-corrected chi connectivity index (χ0v) is 15.1. The van der Waals surface area contributed by atoms with Crippen LogP contribution in [0.4, 0.5) is 5.69 Å². The van der Waals surface area contributed by atoms with Crippen LogP contribution in [0, 0.1) is 13.8 Å². The molecule has 3 aromatic rings. The number of rotatable bonds is 5. The number of anilines is 1. The highest BCUT2D eigenvalue weighted by Crippen LogP contribution is 2.17. The van der Waals surface area contributed by atoms with Crippen molar-refractivity contribution in [2.75, 3.05) is 5.32 Å². The molecule has 0 bridgehead atoms. The van der Waals surface area contributed by atoms with Gasteiger partial charge in [0, 0.05) is 23.5 Å². The average Bonchev–Trinajstić information content (AvgIpc) is 3.02. The van der Waals surface area contributed by atoms with Gasteiger partial charge in [0.1, 0.15) is 6.33 Å². The van der Waals surface area contributed by atoms with Crippen molar-refractivity contribution < 1.29 is 13.2 Å². The van der Waals surface area contributed by atoms with Crippen LogP contribution in [0.1, 0.15) is 23.4 Å². The Labute approximate surface area is 150 Å². The fourth-order valence-electron chi connectivity index (χ4n) is 2.73. The highest BCUT2D eigenvalue weighted by atomic mass is 32.2. The smallest absolute Gasteiger partial charge is 0.252 e. The van der Waals surface area contributed by atoms with Crippen LogP contribution in [0.3, 0.4) is 0 Å². The Hall–Kier alpha value is -2.85. The molecular formula is C16H18N6O3S. The SMILES string of the molecule is Cc1nc2ncnn2c(C)c1CCC(=O)Nc1cccc(S(N)(=O)=O)c1. The number of aromatic nitrogens is 4. The van der Waals surface area contributed by atoms with E-state index in [-0.39, 0.29) is 17.2 Å². The Balaban J connectivity index is 1.72. The molecule has 2 aromatic heterocycles. The third-order valence-electron chi connectivity index (χ3n) is 4.04. The fraction of sp³-hybridized carbons (Fsp3) is 0.250. The number of nitrogens with one attached hydrogen (secondary N) is 1. The van der Waals surface area contributed by atoms with Gasteiger partial charge < -0.3 is 5.32 Å². The molecular weight excluding hydrogens is 356 g/mol. The van der Waals surface area contributed by atoms with Crippen LogP contribution < -0.4 is 10.5 Å². The number of carbonyl (C=O) groups excluding carboxylic acids is 1. The second kappa shape index (κ2) is 6.81. The zero-order valence-electron chi connectivity index (χ0n) is 14.3. The molecule has 0 unspecified atom stereocenters. The lowest BCUT2D eigenvalue weighted by Crippen LogP contribution is -2.16. The summed E-state index contributed by atoms with van der Waals surface area (Å²) in [7, 11) is -3.82. The molecule has 1 aromatic carbocycles. The van der Waals surface area contributed by atoms with E-state index < -0.39 is 10.0 Å². The van der Waals surface area contributed by atoms with Gasteiger partial charge in [0.15, 0.2) is 0 Å². The summed E-state index contributed by atoms with van der Waals surface area (Å²) < 4.78 is 24.4. The normalized spacial score (nSPS) is 11.7. The van der Waals surface area contributed by atoms with Gasteiger partial charge in [-0.05, 0) is 44.0 Å². The van der Waals surface area contributed by atoms with Crippen molar-refractivity contribution in [2.24, 2.45) is 5.14 Å². The van der Waals surface area contributed by atoms with E-state index in [1.165, 1.54) is 24.5 Å². The van der Waals surface area contributed by atoms with Crippen LogP contribution >= 0.6 is 0 Å². The molecule has 0 spiro atoms. The predicted octanol–water partition coefficient (Wildman–Crippen LogP) is 0.960. The van der Waals surface area contributed by atoms with Gasteiger partial charge in [-0.2, -0.15) is 10.1 Å². The maximum atomic E-state index is 12.2. The highest BCUT2D eigenvalue weighted by Gasteiger charge is 2.13. The van der Waals surface area contributed by atoms with E-state index in [1.54, 1.807) is 10.6 Å². The number of nitrogens with two attached hydrogens (primary N) is 1. The van der Waals surface area contributed by atoms with Crippen LogP contribution in [0.15, 0.2) is 35.5 Å². The molecule has 0 fully saturated rings. The maximum absolute atomic E-state index is 12.2. The van der Waals surface area contributed by atoms with Crippen molar-refractivity contribution in [3.63, 3.8) is 0 Å². The van der Waals surface area contributed by atoms with Gasteiger partial charge in [-0.15, -0.1) is 0 Å². The van der Waals surface area contributed by atoms with E-state index in [9.17, 15) is 13.2 Å². The van der Waals surface area contributed by atoms with Gasteiger partial charge in [0.25, 0.3) is 5.78 Å². The largest absolute Gasteiger partial charge is 0.326 e. The molecule has 3 N–H and O–H groups in total. The van der Waals surface area contributed by atoms with Gasteiger partial charge in [0.05, 0.1) is 4.90 Å². The number of fused-ring (bicyclic) bond motifs is 1. The van der Waals surface area contributed by atoms with Crippen molar-refractivity contribution in [1.82, 2.24) is 19.6 Å². The minimum atomic E-state index is -3.82. The molecule has 26 heavy (non-hydrogen) atoms. The van der Waals surface area contributed by atoms with Gasteiger partial charge in [-0.3, -0.25) is 4.79 Å². The summed E-state index contributed by atoms with van der Waals surface area (Å²) in [5, 5.41) is 11.9. The van der Waals surface area contributed by atoms with Crippen molar-refractivity contribution in [2.45, 2.75) is 31.6 Å². The fourth-order valence-corrected chi connectivity index (χ4v) is 3.29. The standard InChI is InChI=1S/C16H18N6O3S/c1-10-14(11(2)22-16(20-10)18-9-19-22)6-7-15(23)21-12-4-3-5-13(8-12)26(17,24)25/h3-5,8-9H,6-7H2,1-2H3,(H,21,23)(H2,17,24,25). The van der Waals surface area contributed by atoms with Crippen LogP contribution in [0.5, 0.6) is 0 Å². The number of sulfonamides is 1. The first kappa shape index (κ1) is 18.0. The van der Waals surface area contributed by atoms with E-state index >= 15 is 0 Å². The first-order valence-corrected chi connectivity index (χ1v) is 9.39. The number of carbonyl (C=O) groups is 1. The third-order valence-corrected chi connectivity index (χ3v) is 4.95. The van der Waals surface area contributed by atoms with E-state index in [0.29, 0.717) is 17.9 Å². The Morgan fingerprint density at radius 2 is 2.08 bits per heavy atom. The number of amides is 1. The molecule has 9 nitrogen and oxygen atoms in total. The summed E-state index contributed by atoms with van der Waals surface area (Å²) in [6, 6.07) is 5.82.